The Hall–Kier alpha value is -2.41. The lowest BCUT2D eigenvalue weighted by molar-refractivity contribution is -0.308. The van der Waals surface area contributed by atoms with Gasteiger partial charge in [0, 0.05) is 63.4 Å². The molecule has 202 valence electrons. The summed E-state index contributed by atoms with van der Waals surface area (Å²) in [7, 11) is 0. The van der Waals surface area contributed by atoms with Gasteiger partial charge >= 0.3 is 18.4 Å². The summed E-state index contributed by atoms with van der Waals surface area (Å²) in [6.07, 6.45) is -16.6. The molecule has 0 aromatic heterocycles. The van der Waals surface area contributed by atoms with Crippen molar-refractivity contribution < 1.29 is 40.7 Å². The number of hydrogen-bond acceptors (Lipinski definition) is 5. The van der Waals surface area contributed by atoms with Crippen LogP contribution in [0.15, 0.2) is 18.2 Å². The number of nitrogens with one attached hydrogen (secondary N) is 1. The van der Waals surface area contributed by atoms with Gasteiger partial charge in [0.15, 0.2) is 0 Å². The van der Waals surface area contributed by atoms with Crippen molar-refractivity contribution >= 4 is 29.3 Å². The highest BCUT2D eigenvalue weighted by Gasteiger charge is 2.60. The molecular weight excluding hydrogens is 518 g/mol. The number of piperazine rings is 1. The van der Waals surface area contributed by atoms with Crippen molar-refractivity contribution in [3.8, 4) is 0 Å². The molecule has 0 aliphatic carbocycles. The molecule has 14 heteroatoms. The molecule has 0 spiro atoms. The Morgan fingerprint density at radius 3 is 2.25 bits per heavy atom. The minimum absolute atomic E-state index is 0.0888. The van der Waals surface area contributed by atoms with Crippen molar-refractivity contribution in [2.45, 2.75) is 50.8 Å². The average Bonchev–Trinajstić information content (AvgIpc) is 3.12. The van der Waals surface area contributed by atoms with Gasteiger partial charge in [-0.25, -0.2) is 4.79 Å². The van der Waals surface area contributed by atoms with Gasteiger partial charge in [-0.3, -0.25) is 9.69 Å². The van der Waals surface area contributed by atoms with Crippen molar-refractivity contribution in [3.63, 3.8) is 0 Å². The molecule has 2 aliphatic heterocycles. The summed E-state index contributed by atoms with van der Waals surface area (Å²) in [4.78, 5) is 28.4. The lowest BCUT2D eigenvalue weighted by Crippen LogP contribution is -2.52. The van der Waals surface area contributed by atoms with Crippen LogP contribution in [0.4, 0.5) is 36.8 Å². The zero-order chi connectivity index (χ0) is 26.9. The van der Waals surface area contributed by atoms with Crippen molar-refractivity contribution in [1.82, 2.24) is 15.1 Å². The summed E-state index contributed by atoms with van der Waals surface area (Å²) < 4.78 is 80.0. The van der Waals surface area contributed by atoms with Crippen LogP contribution in [0.2, 0.25) is 5.02 Å². The second kappa shape index (κ2) is 10.5. The van der Waals surface area contributed by atoms with Gasteiger partial charge in [-0.15, -0.1) is 0 Å². The maximum absolute atomic E-state index is 12.7. The number of halogens is 7. The number of amides is 2. The lowest BCUT2D eigenvalue weighted by atomic mass is 10.0. The van der Waals surface area contributed by atoms with E-state index in [9.17, 15) is 35.9 Å². The fourth-order valence-electron chi connectivity index (χ4n) is 4.48. The summed E-state index contributed by atoms with van der Waals surface area (Å²) in [5.74, 6) is -0.126. The molecule has 2 fully saturated rings. The number of carbonyl (C=O) groups excluding carboxylic acids is 2. The maximum atomic E-state index is 12.7. The summed E-state index contributed by atoms with van der Waals surface area (Å²) in [5, 5.41) is 3.49. The van der Waals surface area contributed by atoms with Gasteiger partial charge in [0.05, 0.1) is 5.54 Å². The smallest absolute Gasteiger partial charge is 0.426 e. The number of alkyl halides is 6. The molecule has 7 nitrogen and oxygen atoms in total. The fourth-order valence-corrected chi connectivity index (χ4v) is 4.65. The number of carbonyl (C=O) groups is 2. The Morgan fingerprint density at radius 1 is 1.08 bits per heavy atom. The predicted octanol–water partition coefficient (Wildman–Crippen LogP) is 4.19. The predicted molar refractivity (Wildman–Crippen MR) is 120 cm³/mol. The van der Waals surface area contributed by atoms with Crippen LogP contribution in [0.25, 0.3) is 0 Å². The van der Waals surface area contributed by atoms with E-state index in [0.29, 0.717) is 24.7 Å². The van der Waals surface area contributed by atoms with Crippen LogP contribution >= 0.6 is 11.6 Å². The maximum Gasteiger partial charge on any atom is 0.434 e. The molecule has 2 amide bonds. The highest BCUT2D eigenvalue weighted by Crippen LogP contribution is 2.36. The van der Waals surface area contributed by atoms with Gasteiger partial charge in [0.2, 0.25) is 5.91 Å². The highest BCUT2D eigenvalue weighted by molar-refractivity contribution is 6.30. The molecule has 1 atom stereocenters. The summed E-state index contributed by atoms with van der Waals surface area (Å²) >= 11 is 6.22. The van der Waals surface area contributed by atoms with Crippen molar-refractivity contribution in [1.29, 1.82) is 0 Å². The van der Waals surface area contributed by atoms with Gasteiger partial charge in [-0.1, -0.05) is 17.7 Å². The van der Waals surface area contributed by atoms with Gasteiger partial charge < -0.3 is 19.9 Å². The third-order valence-electron chi connectivity index (χ3n) is 6.18. The Balaban J connectivity index is 1.62. The molecule has 0 bridgehead atoms. The van der Waals surface area contributed by atoms with Crippen LogP contribution in [0.1, 0.15) is 25.8 Å². The first-order chi connectivity index (χ1) is 16.6. The Morgan fingerprint density at radius 2 is 1.69 bits per heavy atom. The summed E-state index contributed by atoms with van der Waals surface area (Å²) in [5.41, 5.74) is 1.38. The first kappa shape index (κ1) is 28.2. The van der Waals surface area contributed by atoms with Crippen LogP contribution in [0.3, 0.4) is 0 Å². The van der Waals surface area contributed by atoms with E-state index < -0.39 is 30.1 Å². The molecule has 1 unspecified atom stereocenters. The van der Waals surface area contributed by atoms with Gasteiger partial charge in [0.25, 0.3) is 6.10 Å². The zero-order valence-corrected chi connectivity index (χ0v) is 20.4. The molecule has 2 heterocycles. The first-order valence-corrected chi connectivity index (χ1v) is 11.6. The third kappa shape index (κ3) is 7.09. The van der Waals surface area contributed by atoms with E-state index in [0.717, 1.165) is 22.6 Å². The second-order valence-electron chi connectivity index (χ2n) is 9.30. The topological polar surface area (TPSA) is 65.1 Å². The van der Waals surface area contributed by atoms with Crippen molar-refractivity contribution in [2.75, 3.05) is 44.2 Å². The molecule has 0 radical (unpaired) electrons. The number of hydrogen-bond donors (Lipinski definition) is 1. The van der Waals surface area contributed by atoms with Crippen LogP contribution in [0, 0.1) is 0 Å². The third-order valence-corrected chi connectivity index (χ3v) is 6.41. The Kier molecular flexibility index (Phi) is 8.23. The van der Waals surface area contributed by atoms with E-state index in [-0.39, 0.29) is 32.1 Å². The minimum atomic E-state index is -5.76. The van der Waals surface area contributed by atoms with E-state index in [2.05, 4.69) is 15.0 Å². The first-order valence-electron chi connectivity index (χ1n) is 11.2. The average molecular weight is 545 g/mol. The largest absolute Gasteiger partial charge is 0.434 e. The number of benzene rings is 1. The fraction of sp³-hybridized carbons (Fsp3) is 0.636. The van der Waals surface area contributed by atoms with Crippen LogP contribution < -0.4 is 10.2 Å². The number of rotatable bonds is 5. The van der Waals surface area contributed by atoms with E-state index in [1.165, 1.54) is 6.92 Å². The standard InChI is InChI=1S/C22H27ClF6N4O3/c1-14(34)30-20(2)5-6-33(13-20)17-11-16(23)4-3-15(17)12-31-7-9-32(10-8-31)19(35)36-18(21(24,25)26)22(27,28)29/h3-4,11,18H,5-10,12-13H2,1-2H3,(H,30,34). The number of ether oxygens (including phenoxy) is 1. The van der Waals surface area contributed by atoms with E-state index in [4.69, 9.17) is 11.6 Å². The molecule has 36 heavy (non-hydrogen) atoms. The molecule has 1 N–H and O–H groups in total. The lowest BCUT2D eigenvalue weighted by Gasteiger charge is -2.36. The molecule has 2 aliphatic rings. The van der Waals surface area contributed by atoms with Gasteiger partial charge in [-0.05, 0) is 31.0 Å². The van der Waals surface area contributed by atoms with Gasteiger partial charge in [0.1, 0.15) is 0 Å². The van der Waals surface area contributed by atoms with E-state index in [1.54, 1.807) is 6.07 Å². The quantitative estimate of drug-likeness (QED) is 0.563. The number of anilines is 1. The SMILES string of the molecule is CC(=O)NC1(C)CCN(c2cc(Cl)ccc2CN2CCN(C(=O)OC(C(F)(F)F)C(F)(F)F)CC2)C1. The van der Waals surface area contributed by atoms with Crippen LogP contribution in [-0.4, -0.2) is 85.1 Å². The summed E-state index contributed by atoms with van der Waals surface area (Å²) in [6, 6.07) is 5.40. The van der Waals surface area contributed by atoms with Gasteiger partial charge in [-0.2, -0.15) is 26.3 Å². The minimum Gasteiger partial charge on any atom is -0.426 e. The van der Waals surface area contributed by atoms with Crippen LogP contribution in [-0.2, 0) is 16.1 Å². The van der Waals surface area contributed by atoms with E-state index >= 15 is 0 Å². The normalized spacial score (nSPS) is 21.7. The molecular formula is C22H27ClF6N4O3. The van der Waals surface area contributed by atoms with E-state index in [1.807, 2.05) is 24.0 Å². The van der Waals surface area contributed by atoms with Crippen molar-refractivity contribution in [3.05, 3.63) is 28.8 Å². The van der Waals surface area contributed by atoms with Crippen molar-refractivity contribution in [2.24, 2.45) is 0 Å². The second-order valence-corrected chi connectivity index (χ2v) is 9.73. The Labute approximate surface area is 209 Å². The summed E-state index contributed by atoms with van der Waals surface area (Å²) in [6.45, 7) is 5.37. The Bertz CT molecular complexity index is 954. The monoisotopic (exact) mass is 544 g/mol. The molecule has 1 aromatic carbocycles. The molecule has 3 rings (SSSR count). The molecule has 1 aromatic rings. The number of nitrogens with zero attached hydrogens (tertiary/aromatic N) is 3. The molecule has 2 saturated heterocycles. The highest BCUT2D eigenvalue weighted by atomic mass is 35.5. The zero-order valence-electron chi connectivity index (χ0n) is 19.7. The van der Waals surface area contributed by atoms with Crippen LogP contribution in [0.5, 0.6) is 0 Å². The molecule has 0 saturated carbocycles.